The maximum atomic E-state index is 11.5. The summed E-state index contributed by atoms with van der Waals surface area (Å²) in [5, 5.41) is 22.1. The van der Waals surface area contributed by atoms with E-state index in [9.17, 15) is 9.59 Å². The molecule has 0 fully saturated rings. The maximum absolute atomic E-state index is 11.5. The zero-order valence-electron chi connectivity index (χ0n) is 11.7. The van der Waals surface area contributed by atoms with E-state index in [4.69, 9.17) is 5.11 Å². The number of amides is 1. The molecule has 110 valence electrons. The third-order valence-corrected chi connectivity index (χ3v) is 2.85. The highest BCUT2D eigenvalue weighted by Gasteiger charge is 2.12. The third-order valence-electron chi connectivity index (χ3n) is 2.85. The van der Waals surface area contributed by atoms with Crippen LogP contribution >= 0.6 is 0 Å². The molecule has 1 amide bonds. The molecule has 3 N–H and O–H groups in total. The monoisotopic (exact) mass is 280 g/mol. The number of carbonyl (C=O) groups is 2. The summed E-state index contributed by atoms with van der Waals surface area (Å²) in [5.41, 5.74) is 0.259. The van der Waals surface area contributed by atoms with Gasteiger partial charge in [0.05, 0.1) is 0 Å². The van der Waals surface area contributed by atoms with Crippen LogP contribution in [0.2, 0.25) is 0 Å². The Balaban J connectivity index is 2.52. The van der Waals surface area contributed by atoms with Crippen molar-refractivity contribution in [3.8, 4) is 0 Å². The zero-order chi connectivity index (χ0) is 15.0. The van der Waals surface area contributed by atoms with Gasteiger partial charge in [-0.2, -0.15) is 0 Å². The van der Waals surface area contributed by atoms with Crippen LogP contribution in [0.15, 0.2) is 12.1 Å². The first kappa shape index (κ1) is 15.9. The Bertz CT molecular complexity index is 447. The number of anilines is 1. The largest absolute Gasteiger partial charge is 0.481 e. The van der Waals surface area contributed by atoms with Crippen LogP contribution in [0, 0.1) is 5.92 Å². The number of carboxylic acids is 1. The smallest absolute Gasteiger partial charge is 0.303 e. The summed E-state index contributed by atoms with van der Waals surface area (Å²) in [7, 11) is 0. The van der Waals surface area contributed by atoms with E-state index in [1.54, 1.807) is 12.1 Å². The summed E-state index contributed by atoms with van der Waals surface area (Å²) in [4.78, 5) is 22.2. The fraction of sp³-hybridized carbons (Fsp3) is 0.538. The molecule has 0 aromatic carbocycles. The van der Waals surface area contributed by atoms with Gasteiger partial charge in [-0.05, 0) is 25.0 Å². The predicted molar refractivity (Wildman–Crippen MR) is 74.6 cm³/mol. The van der Waals surface area contributed by atoms with Gasteiger partial charge < -0.3 is 15.7 Å². The van der Waals surface area contributed by atoms with Crippen LogP contribution in [0.5, 0.6) is 0 Å². The molecule has 0 aliphatic carbocycles. The number of carboxylic acid groups (broad SMARTS) is 1. The molecule has 0 spiro atoms. The van der Waals surface area contributed by atoms with Gasteiger partial charge in [0.2, 0.25) is 0 Å². The normalized spacial score (nSPS) is 11.7. The average molecular weight is 280 g/mol. The van der Waals surface area contributed by atoms with Gasteiger partial charge in [-0.1, -0.05) is 13.3 Å². The topological polar surface area (TPSA) is 104 Å². The number of nitrogens with one attached hydrogen (secondary N) is 2. The highest BCUT2D eigenvalue weighted by atomic mass is 16.4. The molecule has 0 saturated heterocycles. The van der Waals surface area contributed by atoms with Crippen LogP contribution in [-0.2, 0) is 4.79 Å². The fourth-order valence-electron chi connectivity index (χ4n) is 1.66. The zero-order valence-corrected chi connectivity index (χ0v) is 11.7. The second-order valence-corrected chi connectivity index (χ2v) is 4.42. The third kappa shape index (κ3) is 5.21. The number of carbonyl (C=O) groups excluding carboxylic acids is 1. The molecule has 1 unspecified atom stereocenters. The van der Waals surface area contributed by atoms with Gasteiger partial charge in [-0.15, -0.1) is 10.2 Å². The second kappa shape index (κ2) is 8.08. The van der Waals surface area contributed by atoms with Crippen molar-refractivity contribution in [1.29, 1.82) is 0 Å². The Labute approximate surface area is 117 Å². The van der Waals surface area contributed by atoms with E-state index in [1.165, 1.54) is 0 Å². The van der Waals surface area contributed by atoms with Gasteiger partial charge in [0.25, 0.3) is 5.91 Å². The molecule has 0 radical (unpaired) electrons. The Kier molecular flexibility index (Phi) is 6.42. The Morgan fingerprint density at radius 3 is 2.55 bits per heavy atom. The molecule has 1 heterocycles. The quantitative estimate of drug-likeness (QED) is 0.659. The van der Waals surface area contributed by atoms with Crippen LogP contribution in [0.3, 0.4) is 0 Å². The maximum Gasteiger partial charge on any atom is 0.303 e. The van der Waals surface area contributed by atoms with Gasteiger partial charge >= 0.3 is 5.97 Å². The Morgan fingerprint density at radius 1 is 1.30 bits per heavy atom. The van der Waals surface area contributed by atoms with Crippen LogP contribution in [-0.4, -0.2) is 40.3 Å². The molecule has 20 heavy (non-hydrogen) atoms. The number of hydrogen-bond acceptors (Lipinski definition) is 5. The molecule has 0 bridgehead atoms. The number of hydrogen-bond donors (Lipinski definition) is 3. The molecule has 1 aromatic rings. The molecule has 1 aromatic heterocycles. The van der Waals surface area contributed by atoms with Crippen molar-refractivity contribution >= 4 is 17.7 Å². The minimum absolute atomic E-state index is 0.0392. The molecule has 0 aliphatic rings. The van der Waals surface area contributed by atoms with Crippen molar-refractivity contribution in [3.05, 3.63) is 17.8 Å². The number of aromatic nitrogens is 2. The number of aliphatic carboxylic acids is 1. The van der Waals surface area contributed by atoms with Crippen LogP contribution in [0.4, 0.5) is 5.82 Å². The van der Waals surface area contributed by atoms with E-state index in [2.05, 4.69) is 20.8 Å². The minimum atomic E-state index is -0.809. The van der Waals surface area contributed by atoms with Crippen LogP contribution < -0.4 is 10.6 Å². The molecule has 0 aliphatic heterocycles. The molecule has 7 nitrogen and oxygen atoms in total. The van der Waals surface area contributed by atoms with E-state index in [1.807, 2.05) is 13.8 Å². The van der Waals surface area contributed by atoms with Gasteiger partial charge in [0.15, 0.2) is 5.69 Å². The lowest BCUT2D eigenvalue weighted by molar-refractivity contribution is -0.138. The first-order valence-electron chi connectivity index (χ1n) is 6.64. The first-order chi connectivity index (χ1) is 9.56. The summed E-state index contributed by atoms with van der Waals surface area (Å²) < 4.78 is 0. The van der Waals surface area contributed by atoms with Crippen molar-refractivity contribution in [2.24, 2.45) is 5.92 Å². The van der Waals surface area contributed by atoms with E-state index >= 15 is 0 Å². The van der Waals surface area contributed by atoms with Crippen molar-refractivity contribution in [2.75, 3.05) is 18.4 Å². The van der Waals surface area contributed by atoms with Crippen molar-refractivity contribution in [2.45, 2.75) is 26.7 Å². The summed E-state index contributed by atoms with van der Waals surface area (Å²) in [6, 6.07) is 3.24. The summed E-state index contributed by atoms with van der Waals surface area (Å²) >= 11 is 0. The summed E-state index contributed by atoms with van der Waals surface area (Å²) in [6.45, 7) is 4.82. The summed E-state index contributed by atoms with van der Waals surface area (Å²) in [6.07, 6.45) is 0.887. The van der Waals surface area contributed by atoms with Gasteiger partial charge in [-0.3, -0.25) is 9.59 Å². The van der Waals surface area contributed by atoms with Gasteiger partial charge in [0.1, 0.15) is 5.82 Å². The number of nitrogens with zero attached hydrogens (tertiary/aromatic N) is 2. The van der Waals surface area contributed by atoms with Crippen molar-refractivity contribution in [3.63, 3.8) is 0 Å². The van der Waals surface area contributed by atoms with E-state index in [0.717, 1.165) is 6.42 Å². The summed E-state index contributed by atoms with van der Waals surface area (Å²) in [5.74, 6) is -0.501. The SMILES string of the molecule is CCNC(=O)c1ccc(NCC(CC)CC(=O)O)nn1. The highest BCUT2D eigenvalue weighted by Crippen LogP contribution is 2.10. The van der Waals surface area contributed by atoms with Crippen LogP contribution in [0.25, 0.3) is 0 Å². The van der Waals surface area contributed by atoms with Gasteiger partial charge in [-0.25, -0.2) is 0 Å². The van der Waals surface area contributed by atoms with Crippen molar-refractivity contribution in [1.82, 2.24) is 15.5 Å². The van der Waals surface area contributed by atoms with Gasteiger partial charge in [0, 0.05) is 19.5 Å². The lowest BCUT2D eigenvalue weighted by Crippen LogP contribution is -2.24. The average Bonchev–Trinajstić information content (AvgIpc) is 2.44. The molecule has 1 rings (SSSR count). The molecule has 1 atom stereocenters. The molecular formula is C13H20N4O3. The first-order valence-corrected chi connectivity index (χ1v) is 6.64. The molecular weight excluding hydrogens is 260 g/mol. The Morgan fingerprint density at radius 2 is 2.05 bits per heavy atom. The molecule has 0 saturated carbocycles. The highest BCUT2D eigenvalue weighted by molar-refractivity contribution is 5.92. The predicted octanol–water partition coefficient (Wildman–Crippen LogP) is 1.14. The van der Waals surface area contributed by atoms with E-state index in [-0.39, 0.29) is 23.9 Å². The minimum Gasteiger partial charge on any atom is -0.481 e. The second-order valence-electron chi connectivity index (χ2n) is 4.42. The standard InChI is InChI=1S/C13H20N4O3/c1-3-9(7-12(18)19)8-15-11-6-5-10(16-17-11)13(20)14-4-2/h5-6,9H,3-4,7-8H2,1-2H3,(H,14,20)(H,15,17)(H,18,19). The van der Waals surface area contributed by atoms with Crippen LogP contribution in [0.1, 0.15) is 37.2 Å². The molecule has 7 heteroatoms. The van der Waals surface area contributed by atoms with E-state index < -0.39 is 5.97 Å². The number of rotatable bonds is 8. The fourth-order valence-corrected chi connectivity index (χ4v) is 1.66. The van der Waals surface area contributed by atoms with Crippen molar-refractivity contribution < 1.29 is 14.7 Å². The Hall–Kier alpha value is -2.18. The van der Waals surface area contributed by atoms with E-state index in [0.29, 0.717) is 18.9 Å². The lowest BCUT2D eigenvalue weighted by Gasteiger charge is -2.13. The lowest BCUT2D eigenvalue weighted by atomic mass is 10.0.